The Balaban J connectivity index is 1.17. The van der Waals surface area contributed by atoms with Crippen LogP contribution in [0.1, 0.15) is 143 Å². The van der Waals surface area contributed by atoms with Gasteiger partial charge in [0.05, 0.1) is 0 Å². The molecule has 5 aliphatic rings. The first-order valence-corrected chi connectivity index (χ1v) is 18.2. The molecular weight excluding hydrogens is 540 g/mol. The summed E-state index contributed by atoms with van der Waals surface area (Å²) in [6.07, 6.45) is 15.3. The van der Waals surface area contributed by atoms with Crippen molar-refractivity contribution in [3.8, 4) is 0 Å². The normalized spacial score (nSPS) is 44.2. The first kappa shape index (κ1) is 32.1. The predicted molar refractivity (Wildman–Crippen MR) is 179 cm³/mol. The molecule has 0 radical (unpaired) electrons. The molecule has 0 amide bonds. The van der Waals surface area contributed by atoms with Crippen molar-refractivity contribution in [1.82, 2.24) is 0 Å². The lowest BCUT2D eigenvalue weighted by atomic mass is 9.33. The fourth-order valence-corrected chi connectivity index (χ4v) is 12.4. The molecule has 0 heterocycles. The van der Waals surface area contributed by atoms with Crippen LogP contribution in [0.25, 0.3) is 0 Å². The van der Waals surface area contributed by atoms with Crippen LogP contribution < -0.4 is 0 Å². The highest BCUT2D eigenvalue weighted by Gasteiger charge is 2.68. The highest BCUT2D eigenvalue weighted by molar-refractivity contribution is 5.96. The van der Waals surface area contributed by atoms with Gasteiger partial charge in [0.2, 0.25) is 0 Å². The second-order valence-electron chi connectivity index (χ2n) is 17.8. The number of ketones is 1. The van der Waals surface area contributed by atoms with Gasteiger partial charge in [-0.1, -0.05) is 97.4 Å². The van der Waals surface area contributed by atoms with Crippen molar-refractivity contribution in [3.05, 3.63) is 47.5 Å². The zero-order valence-electron chi connectivity index (χ0n) is 29.1. The van der Waals surface area contributed by atoms with Gasteiger partial charge in [-0.15, -0.1) is 0 Å². The highest BCUT2D eigenvalue weighted by Crippen LogP contribution is 2.75. The zero-order chi connectivity index (χ0) is 31.7. The molecule has 0 N–H and O–H groups in total. The number of carbonyl (C=O) groups is 2. The average molecular weight is 601 g/mol. The van der Waals surface area contributed by atoms with E-state index >= 15 is 0 Å². The Morgan fingerprint density at radius 2 is 1.55 bits per heavy atom. The van der Waals surface area contributed by atoms with E-state index in [4.69, 9.17) is 4.74 Å². The van der Waals surface area contributed by atoms with Crippen molar-refractivity contribution in [2.24, 2.45) is 56.7 Å². The van der Waals surface area contributed by atoms with Crippen molar-refractivity contribution in [2.45, 2.75) is 139 Å². The maximum atomic E-state index is 13.1. The fourth-order valence-electron chi connectivity index (χ4n) is 12.4. The van der Waals surface area contributed by atoms with E-state index in [2.05, 4.69) is 61.5 Å². The molecule has 10 atom stereocenters. The van der Waals surface area contributed by atoms with Gasteiger partial charge in [-0.05, 0) is 115 Å². The molecule has 3 nitrogen and oxygen atoms in total. The topological polar surface area (TPSA) is 43.4 Å². The Morgan fingerprint density at radius 1 is 0.818 bits per heavy atom. The molecule has 4 fully saturated rings. The maximum absolute atomic E-state index is 13.1. The molecular formula is C41H60O3. The first-order chi connectivity index (χ1) is 20.7. The highest BCUT2D eigenvalue weighted by atomic mass is 16.5. The number of fused-ring (bicyclic) bond motifs is 7. The monoisotopic (exact) mass is 600 g/mol. The maximum Gasteiger partial charge on any atom is 0.306 e. The Hall–Kier alpha value is -1.90. The summed E-state index contributed by atoms with van der Waals surface area (Å²) < 4.78 is 6.28. The summed E-state index contributed by atoms with van der Waals surface area (Å²) in [6.45, 7) is 20.5. The van der Waals surface area contributed by atoms with Gasteiger partial charge in [0, 0.05) is 23.8 Å². The van der Waals surface area contributed by atoms with E-state index in [1.165, 1.54) is 44.9 Å². The molecule has 44 heavy (non-hydrogen) atoms. The number of ether oxygens (including phenoxy) is 1. The minimum Gasteiger partial charge on any atom is -0.462 e. The Bertz CT molecular complexity index is 1290. The van der Waals surface area contributed by atoms with Crippen molar-refractivity contribution < 1.29 is 14.3 Å². The van der Waals surface area contributed by atoms with Crippen LogP contribution in [0.5, 0.6) is 0 Å². The van der Waals surface area contributed by atoms with Crippen molar-refractivity contribution in [1.29, 1.82) is 0 Å². The number of hydrogen-bond acceptors (Lipinski definition) is 3. The Morgan fingerprint density at radius 3 is 2.27 bits per heavy atom. The second kappa shape index (κ2) is 11.1. The van der Waals surface area contributed by atoms with E-state index in [0.29, 0.717) is 41.9 Å². The second-order valence-corrected chi connectivity index (χ2v) is 17.8. The largest absolute Gasteiger partial charge is 0.462 e. The van der Waals surface area contributed by atoms with Crippen LogP contribution in [-0.2, 0) is 9.53 Å². The summed E-state index contributed by atoms with van der Waals surface area (Å²) in [4.78, 5) is 25.6. The molecule has 0 saturated heterocycles. The number of allylic oxidation sites excluding steroid dienone is 2. The molecule has 0 aliphatic heterocycles. The number of hydrogen-bond donors (Lipinski definition) is 0. The molecule has 242 valence electrons. The van der Waals surface area contributed by atoms with E-state index in [-0.39, 0.29) is 34.1 Å². The van der Waals surface area contributed by atoms with Crippen LogP contribution in [0, 0.1) is 56.7 Å². The van der Waals surface area contributed by atoms with Gasteiger partial charge < -0.3 is 4.74 Å². The number of Topliss-reactive ketones (excluding diaryl/α,β-unsaturated/α-hetero) is 1. The number of carbonyl (C=O) groups excluding carboxylic acids is 2. The lowest BCUT2D eigenvalue weighted by Crippen LogP contribution is -2.65. The predicted octanol–water partition coefficient (Wildman–Crippen LogP) is 10.6. The number of benzene rings is 1. The van der Waals surface area contributed by atoms with E-state index < -0.39 is 0 Å². The first-order valence-electron chi connectivity index (χ1n) is 18.2. The lowest BCUT2D eigenvalue weighted by molar-refractivity contribution is -0.213. The van der Waals surface area contributed by atoms with Gasteiger partial charge in [0.15, 0.2) is 5.78 Å². The van der Waals surface area contributed by atoms with Gasteiger partial charge in [0.1, 0.15) is 6.10 Å². The minimum atomic E-state index is -0.132. The van der Waals surface area contributed by atoms with Crippen LogP contribution >= 0.6 is 0 Å². The Labute approximate surface area is 268 Å². The number of rotatable bonds is 6. The molecule has 6 rings (SSSR count). The summed E-state index contributed by atoms with van der Waals surface area (Å²) in [6, 6.07) is 9.40. The van der Waals surface area contributed by atoms with Crippen LogP contribution in [0.3, 0.4) is 0 Å². The van der Waals surface area contributed by atoms with Crippen LogP contribution in [0.2, 0.25) is 0 Å². The summed E-state index contributed by atoms with van der Waals surface area (Å²) in [5.74, 6) is 3.51. The van der Waals surface area contributed by atoms with Crippen LogP contribution in [-0.4, -0.2) is 17.9 Å². The molecule has 3 heteroatoms. The van der Waals surface area contributed by atoms with E-state index in [9.17, 15) is 9.59 Å². The molecule has 5 aliphatic carbocycles. The van der Waals surface area contributed by atoms with Crippen molar-refractivity contribution >= 4 is 11.8 Å². The molecule has 0 spiro atoms. The van der Waals surface area contributed by atoms with Gasteiger partial charge in [0.25, 0.3) is 0 Å². The third-order valence-electron chi connectivity index (χ3n) is 15.5. The van der Waals surface area contributed by atoms with E-state index in [1.807, 2.05) is 35.9 Å². The molecule has 4 saturated carbocycles. The minimum absolute atomic E-state index is 0.0486. The quantitative estimate of drug-likeness (QED) is 0.185. The molecule has 0 aromatic heterocycles. The van der Waals surface area contributed by atoms with Crippen LogP contribution in [0.15, 0.2) is 42.0 Å². The van der Waals surface area contributed by atoms with E-state index in [1.54, 1.807) is 0 Å². The molecule has 0 unspecified atom stereocenters. The summed E-state index contributed by atoms with van der Waals surface area (Å²) in [5.41, 5.74) is 3.82. The summed E-state index contributed by atoms with van der Waals surface area (Å²) in [7, 11) is 0. The molecule has 0 bridgehead atoms. The van der Waals surface area contributed by atoms with Gasteiger partial charge in [-0.2, -0.15) is 0 Å². The SMILES string of the molecule is C[C@H]1[C@H](C)CC[C@]2(C)CC[C@]3(C)C(=CC[C@@H]4[C@@]5(C)CC[C@H](OC(=O)CCCC(=O)c6ccccc6)C(C)(C)[C@@H]5CC[C@]43C)[C@H]12. The smallest absolute Gasteiger partial charge is 0.306 e. The standard InChI is InChI=1S/C41H60O3/c1-27-19-22-38(5)25-26-40(7)30(36(38)28(27)2)17-18-33-39(6)23-21-34(37(3,4)32(39)20-24-41(33,40)8)44-35(43)16-12-15-31(42)29-13-10-9-11-14-29/h9-11,13-14,17,27-28,32-34,36H,12,15-16,18-26H2,1-8H3/t27-,28+,32+,33-,34+,36+,38-,39+,40-,41-/m1/s1. The average Bonchev–Trinajstić information content (AvgIpc) is 2.98. The van der Waals surface area contributed by atoms with Gasteiger partial charge in [-0.3, -0.25) is 9.59 Å². The van der Waals surface area contributed by atoms with Gasteiger partial charge >= 0.3 is 5.97 Å². The van der Waals surface area contributed by atoms with E-state index in [0.717, 1.165) is 36.2 Å². The van der Waals surface area contributed by atoms with Crippen molar-refractivity contribution in [2.75, 3.05) is 0 Å². The van der Waals surface area contributed by atoms with Crippen LogP contribution in [0.4, 0.5) is 0 Å². The summed E-state index contributed by atoms with van der Waals surface area (Å²) in [5, 5.41) is 0. The van der Waals surface area contributed by atoms with Gasteiger partial charge in [-0.25, -0.2) is 0 Å². The van der Waals surface area contributed by atoms with Crippen molar-refractivity contribution in [3.63, 3.8) is 0 Å². The molecule has 1 aromatic rings. The Kier molecular flexibility index (Phi) is 8.10. The summed E-state index contributed by atoms with van der Waals surface area (Å²) >= 11 is 0. The molecule has 1 aromatic carbocycles. The zero-order valence-corrected chi connectivity index (χ0v) is 29.1. The third-order valence-corrected chi connectivity index (χ3v) is 15.5. The third kappa shape index (κ3) is 4.79. The number of esters is 1. The lowest BCUT2D eigenvalue weighted by Gasteiger charge is -2.71. The fraction of sp³-hybridized carbons (Fsp3) is 0.756.